The zero-order valence-electron chi connectivity index (χ0n) is 8.04. The molecule has 1 aromatic rings. The lowest BCUT2D eigenvalue weighted by atomic mass is 10.0. The molecule has 3 nitrogen and oxygen atoms in total. The van der Waals surface area contributed by atoms with Gasteiger partial charge < -0.3 is 5.11 Å². The van der Waals surface area contributed by atoms with Gasteiger partial charge in [0.15, 0.2) is 0 Å². The molecule has 0 saturated carbocycles. The fourth-order valence-corrected chi connectivity index (χ4v) is 1.49. The Morgan fingerprint density at radius 1 is 1.50 bits per heavy atom. The van der Waals surface area contributed by atoms with E-state index in [4.69, 9.17) is 16.7 Å². The molecule has 0 aromatic heterocycles. The number of nitrogens with one attached hydrogen (secondary N) is 1. The normalized spacial score (nSPS) is 10.3. The Bertz CT molecular complexity index is 350. The van der Waals surface area contributed by atoms with Gasteiger partial charge in [-0.3, -0.25) is 5.32 Å². The first-order chi connectivity index (χ1) is 6.52. The van der Waals surface area contributed by atoms with Crippen molar-refractivity contribution in [2.24, 2.45) is 0 Å². The molecule has 0 spiro atoms. The third-order valence-electron chi connectivity index (χ3n) is 1.90. The fourth-order valence-electron chi connectivity index (χ4n) is 1.26. The molecule has 0 heterocycles. The lowest BCUT2D eigenvalue weighted by molar-refractivity contribution is 0.209. The van der Waals surface area contributed by atoms with Crippen LogP contribution in [0, 0.1) is 0 Å². The van der Waals surface area contributed by atoms with E-state index in [1.807, 2.05) is 26.0 Å². The molecule has 4 heteroatoms. The smallest absolute Gasteiger partial charge is 0.409 e. The van der Waals surface area contributed by atoms with Crippen molar-refractivity contribution in [3.63, 3.8) is 0 Å². The van der Waals surface area contributed by atoms with Crippen LogP contribution in [0.3, 0.4) is 0 Å². The number of hydrogen-bond acceptors (Lipinski definition) is 1. The number of anilines is 1. The average Bonchev–Trinajstić information content (AvgIpc) is 2.07. The zero-order chi connectivity index (χ0) is 10.7. The third-order valence-corrected chi connectivity index (χ3v) is 2.21. The van der Waals surface area contributed by atoms with E-state index in [-0.39, 0.29) is 5.92 Å². The summed E-state index contributed by atoms with van der Waals surface area (Å²) in [6, 6.07) is 5.34. The summed E-state index contributed by atoms with van der Waals surface area (Å²) in [6.45, 7) is 3.97. The average molecular weight is 214 g/mol. The van der Waals surface area contributed by atoms with Crippen molar-refractivity contribution < 1.29 is 9.90 Å². The van der Waals surface area contributed by atoms with Crippen LogP contribution >= 0.6 is 11.6 Å². The molecular weight excluding hydrogens is 202 g/mol. The summed E-state index contributed by atoms with van der Waals surface area (Å²) >= 11 is 5.89. The van der Waals surface area contributed by atoms with Crippen molar-refractivity contribution >= 4 is 23.4 Å². The Labute approximate surface area is 87.7 Å². The van der Waals surface area contributed by atoms with Gasteiger partial charge in [-0.05, 0) is 17.5 Å². The van der Waals surface area contributed by atoms with Crippen molar-refractivity contribution in [2.75, 3.05) is 5.32 Å². The number of carbonyl (C=O) groups is 1. The Kier molecular flexibility index (Phi) is 3.36. The molecule has 0 atom stereocenters. The predicted molar refractivity (Wildman–Crippen MR) is 57.2 cm³/mol. The molecule has 1 amide bonds. The molecule has 0 unspecified atom stereocenters. The first kappa shape index (κ1) is 10.9. The van der Waals surface area contributed by atoms with Gasteiger partial charge in [-0.15, -0.1) is 0 Å². The second-order valence-electron chi connectivity index (χ2n) is 3.29. The van der Waals surface area contributed by atoms with Crippen molar-refractivity contribution in [1.29, 1.82) is 0 Å². The van der Waals surface area contributed by atoms with E-state index in [0.29, 0.717) is 10.7 Å². The highest BCUT2D eigenvalue weighted by atomic mass is 35.5. The molecule has 2 N–H and O–H groups in total. The Morgan fingerprint density at radius 3 is 2.64 bits per heavy atom. The maximum atomic E-state index is 10.5. The van der Waals surface area contributed by atoms with Gasteiger partial charge in [0.25, 0.3) is 0 Å². The van der Waals surface area contributed by atoms with Crippen LogP contribution in [0.25, 0.3) is 0 Å². The molecular formula is C10H12ClNO2. The summed E-state index contributed by atoms with van der Waals surface area (Å²) in [5.41, 5.74) is 1.39. The van der Waals surface area contributed by atoms with Crippen LogP contribution in [0.15, 0.2) is 18.2 Å². The maximum absolute atomic E-state index is 10.5. The van der Waals surface area contributed by atoms with Gasteiger partial charge in [0, 0.05) is 0 Å². The van der Waals surface area contributed by atoms with Crippen LogP contribution < -0.4 is 5.32 Å². The molecule has 0 saturated heterocycles. The van der Waals surface area contributed by atoms with Gasteiger partial charge in [-0.25, -0.2) is 4.79 Å². The predicted octanol–water partition coefficient (Wildman–Crippen LogP) is 3.55. The van der Waals surface area contributed by atoms with E-state index in [9.17, 15) is 4.79 Å². The topological polar surface area (TPSA) is 49.3 Å². The maximum Gasteiger partial charge on any atom is 0.409 e. The van der Waals surface area contributed by atoms with Gasteiger partial charge in [0.1, 0.15) is 0 Å². The second kappa shape index (κ2) is 4.33. The molecule has 1 aromatic carbocycles. The second-order valence-corrected chi connectivity index (χ2v) is 3.70. The number of carboxylic acid groups (broad SMARTS) is 1. The molecule has 14 heavy (non-hydrogen) atoms. The SMILES string of the molecule is CC(C)c1cccc(Cl)c1NC(=O)O. The molecule has 0 aliphatic heterocycles. The van der Waals surface area contributed by atoms with Gasteiger partial charge in [0.05, 0.1) is 10.7 Å². The molecule has 0 radical (unpaired) electrons. The molecule has 1 rings (SSSR count). The number of hydrogen-bond donors (Lipinski definition) is 2. The van der Waals surface area contributed by atoms with Crippen molar-refractivity contribution in [1.82, 2.24) is 0 Å². The largest absolute Gasteiger partial charge is 0.465 e. The highest BCUT2D eigenvalue weighted by Crippen LogP contribution is 2.30. The van der Waals surface area contributed by atoms with E-state index in [1.54, 1.807) is 6.07 Å². The first-order valence-corrected chi connectivity index (χ1v) is 4.68. The Morgan fingerprint density at radius 2 is 2.14 bits per heavy atom. The summed E-state index contributed by atoms with van der Waals surface area (Å²) in [5, 5.41) is 11.4. The zero-order valence-corrected chi connectivity index (χ0v) is 8.80. The Hall–Kier alpha value is -1.22. The highest BCUT2D eigenvalue weighted by Gasteiger charge is 2.11. The van der Waals surface area contributed by atoms with Crippen LogP contribution in [0.5, 0.6) is 0 Å². The standard InChI is InChI=1S/C10H12ClNO2/c1-6(2)7-4-3-5-8(11)9(7)12-10(13)14/h3-6,12H,1-2H3,(H,13,14). The minimum absolute atomic E-state index is 0.232. The third kappa shape index (κ3) is 2.39. The molecule has 0 fully saturated rings. The highest BCUT2D eigenvalue weighted by molar-refractivity contribution is 6.33. The number of para-hydroxylation sites is 1. The summed E-state index contributed by atoms with van der Waals surface area (Å²) in [4.78, 5) is 10.5. The number of amides is 1. The van der Waals surface area contributed by atoms with Gasteiger partial charge in [-0.2, -0.15) is 0 Å². The summed E-state index contributed by atoms with van der Waals surface area (Å²) < 4.78 is 0. The minimum Gasteiger partial charge on any atom is -0.465 e. The van der Waals surface area contributed by atoms with Gasteiger partial charge >= 0.3 is 6.09 Å². The summed E-state index contributed by atoms with van der Waals surface area (Å²) in [5.74, 6) is 0.232. The van der Waals surface area contributed by atoms with E-state index in [1.165, 1.54) is 0 Å². The summed E-state index contributed by atoms with van der Waals surface area (Å²) in [6.07, 6.45) is -1.10. The first-order valence-electron chi connectivity index (χ1n) is 4.30. The van der Waals surface area contributed by atoms with E-state index in [2.05, 4.69) is 5.32 Å². The number of rotatable bonds is 2. The van der Waals surface area contributed by atoms with Crippen LogP contribution in [-0.2, 0) is 0 Å². The minimum atomic E-state index is -1.10. The van der Waals surface area contributed by atoms with Crippen molar-refractivity contribution in [3.05, 3.63) is 28.8 Å². The molecule has 0 aliphatic rings. The number of halogens is 1. The molecule has 0 bridgehead atoms. The fraction of sp³-hybridized carbons (Fsp3) is 0.300. The van der Waals surface area contributed by atoms with Crippen LogP contribution in [0.4, 0.5) is 10.5 Å². The Balaban J connectivity index is 3.15. The van der Waals surface area contributed by atoms with E-state index >= 15 is 0 Å². The van der Waals surface area contributed by atoms with Crippen LogP contribution in [0.2, 0.25) is 5.02 Å². The van der Waals surface area contributed by atoms with E-state index < -0.39 is 6.09 Å². The lowest BCUT2D eigenvalue weighted by Crippen LogP contribution is -2.10. The van der Waals surface area contributed by atoms with Crippen molar-refractivity contribution in [3.8, 4) is 0 Å². The summed E-state index contributed by atoms with van der Waals surface area (Å²) in [7, 11) is 0. The van der Waals surface area contributed by atoms with Gasteiger partial charge in [0.2, 0.25) is 0 Å². The number of benzene rings is 1. The monoisotopic (exact) mass is 213 g/mol. The van der Waals surface area contributed by atoms with Crippen LogP contribution in [0.1, 0.15) is 25.3 Å². The van der Waals surface area contributed by atoms with Crippen molar-refractivity contribution in [2.45, 2.75) is 19.8 Å². The lowest BCUT2D eigenvalue weighted by Gasteiger charge is -2.13. The van der Waals surface area contributed by atoms with Crippen LogP contribution in [-0.4, -0.2) is 11.2 Å². The molecule has 0 aliphatic carbocycles. The van der Waals surface area contributed by atoms with Gasteiger partial charge in [-0.1, -0.05) is 37.6 Å². The van der Waals surface area contributed by atoms with E-state index in [0.717, 1.165) is 5.56 Å². The quantitative estimate of drug-likeness (QED) is 0.789. The molecule has 76 valence electrons.